The van der Waals surface area contributed by atoms with E-state index in [2.05, 4.69) is 5.32 Å². The van der Waals surface area contributed by atoms with E-state index in [0.29, 0.717) is 43.5 Å². The number of rotatable bonds is 6. The third kappa shape index (κ3) is 4.85. The average Bonchev–Trinajstić information content (AvgIpc) is 2.60. The minimum absolute atomic E-state index is 0.0178. The van der Waals surface area contributed by atoms with Crippen molar-refractivity contribution >= 4 is 17.5 Å². The van der Waals surface area contributed by atoms with Crippen LogP contribution in [0.5, 0.6) is 11.5 Å². The molecule has 7 heteroatoms. The Morgan fingerprint density at radius 2 is 1.83 bits per heavy atom. The van der Waals surface area contributed by atoms with Gasteiger partial charge in [-0.25, -0.2) is 0 Å². The lowest BCUT2D eigenvalue weighted by atomic mass is 10.2. The molecule has 0 aliphatic carbocycles. The molecule has 1 aliphatic rings. The fourth-order valence-electron chi connectivity index (χ4n) is 2.33. The molecule has 0 radical (unpaired) electrons. The maximum Gasteiger partial charge on any atom is 0.224 e. The highest BCUT2D eigenvalue weighted by atomic mass is 16.5. The van der Waals surface area contributed by atoms with Crippen molar-refractivity contribution in [2.24, 2.45) is 0 Å². The second-order valence-electron chi connectivity index (χ2n) is 5.11. The molecule has 0 spiro atoms. The number of carbonyl (C=O) groups is 2. The van der Waals surface area contributed by atoms with Gasteiger partial charge in [0.25, 0.3) is 0 Å². The molecule has 0 unspecified atom stereocenters. The first kappa shape index (κ1) is 17.1. The van der Waals surface area contributed by atoms with Crippen molar-refractivity contribution in [1.29, 1.82) is 0 Å². The molecule has 1 aliphatic heterocycles. The summed E-state index contributed by atoms with van der Waals surface area (Å²) < 4.78 is 15.5. The predicted octanol–water partition coefficient (Wildman–Crippen LogP) is 1.28. The summed E-state index contributed by atoms with van der Waals surface area (Å²) in [6.07, 6.45) is 0.337. The molecule has 0 aromatic heterocycles. The zero-order valence-corrected chi connectivity index (χ0v) is 13.5. The number of hydrogen-bond acceptors (Lipinski definition) is 5. The van der Waals surface area contributed by atoms with Gasteiger partial charge >= 0.3 is 0 Å². The van der Waals surface area contributed by atoms with Crippen molar-refractivity contribution in [1.82, 2.24) is 4.90 Å². The van der Waals surface area contributed by atoms with Gasteiger partial charge in [-0.2, -0.15) is 0 Å². The normalized spacial score (nSPS) is 14.3. The second kappa shape index (κ2) is 8.38. The van der Waals surface area contributed by atoms with Gasteiger partial charge in [0.2, 0.25) is 11.8 Å². The van der Waals surface area contributed by atoms with Gasteiger partial charge in [0.15, 0.2) is 11.5 Å². The molecule has 2 rings (SSSR count). The molecule has 0 saturated carbocycles. The first-order valence-corrected chi connectivity index (χ1v) is 7.51. The summed E-state index contributed by atoms with van der Waals surface area (Å²) in [4.78, 5) is 25.7. The summed E-state index contributed by atoms with van der Waals surface area (Å²) in [7, 11) is 3.08. The van der Waals surface area contributed by atoms with Crippen LogP contribution in [-0.4, -0.2) is 57.2 Å². The first-order valence-electron chi connectivity index (χ1n) is 7.51. The minimum atomic E-state index is -0.209. The van der Waals surface area contributed by atoms with E-state index in [1.165, 1.54) is 7.11 Å². The topological polar surface area (TPSA) is 77.1 Å². The largest absolute Gasteiger partial charge is 0.493 e. The number of morpholine rings is 1. The van der Waals surface area contributed by atoms with E-state index in [1.807, 2.05) is 0 Å². The zero-order chi connectivity index (χ0) is 16.7. The van der Waals surface area contributed by atoms with Crippen LogP contribution in [0.2, 0.25) is 0 Å². The van der Waals surface area contributed by atoms with E-state index < -0.39 is 0 Å². The van der Waals surface area contributed by atoms with Crippen molar-refractivity contribution in [2.45, 2.75) is 12.8 Å². The summed E-state index contributed by atoms with van der Waals surface area (Å²) in [5, 5.41) is 2.76. The third-order valence-electron chi connectivity index (χ3n) is 3.60. The van der Waals surface area contributed by atoms with E-state index in [9.17, 15) is 9.59 Å². The number of nitrogens with one attached hydrogen (secondary N) is 1. The van der Waals surface area contributed by atoms with E-state index >= 15 is 0 Å². The number of ether oxygens (including phenoxy) is 3. The quantitative estimate of drug-likeness (QED) is 0.854. The lowest BCUT2D eigenvalue weighted by Gasteiger charge is -2.26. The van der Waals surface area contributed by atoms with Gasteiger partial charge in [-0.05, 0) is 12.1 Å². The molecule has 1 aromatic rings. The second-order valence-corrected chi connectivity index (χ2v) is 5.11. The number of methoxy groups -OCH3 is 2. The Bertz CT molecular complexity index is 555. The Balaban J connectivity index is 1.83. The van der Waals surface area contributed by atoms with Crippen molar-refractivity contribution in [3.05, 3.63) is 18.2 Å². The van der Waals surface area contributed by atoms with Crippen LogP contribution in [-0.2, 0) is 14.3 Å². The molecule has 1 aromatic carbocycles. The van der Waals surface area contributed by atoms with Gasteiger partial charge in [0.1, 0.15) is 0 Å². The molecule has 1 N–H and O–H groups in total. The van der Waals surface area contributed by atoms with Crippen molar-refractivity contribution in [3.63, 3.8) is 0 Å². The molecule has 1 heterocycles. The van der Waals surface area contributed by atoms with Crippen LogP contribution in [0.1, 0.15) is 12.8 Å². The highest BCUT2D eigenvalue weighted by molar-refractivity contribution is 5.93. The average molecular weight is 322 g/mol. The van der Waals surface area contributed by atoms with Crippen molar-refractivity contribution in [3.8, 4) is 11.5 Å². The third-order valence-corrected chi connectivity index (χ3v) is 3.60. The van der Waals surface area contributed by atoms with Gasteiger partial charge in [-0.3, -0.25) is 9.59 Å². The summed E-state index contributed by atoms with van der Waals surface area (Å²) in [6, 6.07) is 5.12. The van der Waals surface area contributed by atoms with Crippen LogP contribution in [0.3, 0.4) is 0 Å². The molecule has 0 atom stereocenters. The first-order chi connectivity index (χ1) is 11.1. The maximum absolute atomic E-state index is 12.0. The number of hydrogen-bond donors (Lipinski definition) is 1. The fraction of sp³-hybridized carbons (Fsp3) is 0.500. The van der Waals surface area contributed by atoms with Gasteiger partial charge < -0.3 is 24.4 Å². The molecule has 1 saturated heterocycles. The van der Waals surface area contributed by atoms with E-state index in [0.717, 1.165) is 0 Å². The van der Waals surface area contributed by atoms with Crippen LogP contribution in [0, 0.1) is 0 Å². The highest BCUT2D eigenvalue weighted by Crippen LogP contribution is 2.29. The Labute approximate surface area is 135 Å². The number of anilines is 1. The van der Waals surface area contributed by atoms with Crippen LogP contribution >= 0.6 is 0 Å². The lowest BCUT2D eigenvalue weighted by Crippen LogP contribution is -2.40. The summed E-state index contributed by atoms with van der Waals surface area (Å²) in [5.74, 6) is 0.900. The standard InChI is InChI=1S/C16H22N2O5/c1-21-13-4-3-12(11-14(13)22-2)17-15(19)5-6-16(20)18-7-9-23-10-8-18/h3-4,11H,5-10H2,1-2H3,(H,17,19). The Morgan fingerprint density at radius 3 is 2.48 bits per heavy atom. The maximum atomic E-state index is 12.0. The van der Waals surface area contributed by atoms with E-state index in [1.54, 1.807) is 30.2 Å². The highest BCUT2D eigenvalue weighted by Gasteiger charge is 2.17. The van der Waals surface area contributed by atoms with Crippen LogP contribution < -0.4 is 14.8 Å². The molecule has 7 nitrogen and oxygen atoms in total. The smallest absolute Gasteiger partial charge is 0.224 e. The van der Waals surface area contributed by atoms with Gasteiger partial charge in [0.05, 0.1) is 27.4 Å². The zero-order valence-electron chi connectivity index (χ0n) is 13.5. The molecule has 0 bridgehead atoms. The fourth-order valence-corrected chi connectivity index (χ4v) is 2.33. The minimum Gasteiger partial charge on any atom is -0.493 e. The lowest BCUT2D eigenvalue weighted by molar-refractivity contribution is -0.136. The molecule has 2 amide bonds. The molecule has 126 valence electrons. The van der Waals surface area contributed by atoms with Crippen LogP contribution in [0.15, 0.2) is 18.2 Å². The number of amides is 2. The predicted molar refractivity (Wildman–Crippen MR) is 84.8 cm³/mol. The Hall–Kier alpha value is -2.28. The number of benzene rings is 1. The SMILES string of the molecule is COc1ccc(NC(=O)CCC(=O)N2CCOCC2)cc1OC. The molecule has 23 heavy (non-hydrogen) atoms. The monoisotopic (exact) mass is 322 g/mol. The number of carbonyl (C=O) groups excluding carboxylic acids is 2. The van der Waals surface area contributed by atoms with Crippen LogP contribution in [0.25, 0.3) is 0 Å². The van der Waals surface area contributed by atoms with Crippen molar-refractivity contribution in [2.75, 3.05) is 45.8 Å². The summed E-state index contributed by atoms with van der Waals surface area (Å²) >= 11 is 0. The molecular formula is C16H22N2O5. The Morgan fingerprint density at radius 1 is 1.13 bits per heavy atom. The van der Waals surface area contributed by atoms with E-state index in [4.69, 9.17) is 14.2 Å². The van der Waals surface area contributed by atoms with Crippen molar-refractivity contribution < 1.29 is 23.8 Å². The molecular weight excluding hydrogens is 300 g/mol. The summed E-state index contributed by atoms with van der Waals surface area (Å²) in [6.45, 7) is 2.30. The Kier molecular flexibility index (Phi) is 6.22. The number of nitrogens with zero attached hydrogens (tertiary/aromatic N) is 1. The van der Waals surface area contributed by atoms with Gasteiger partial charge in [-0.1, -0.05) is 0 Å². The molecule has 1 fully saturated rings. The van der Waals surface area contributed by atoms with E-state index in [-0.39, 0.29) is 24.7 Å². The van der Waals surface area contributed by atoms with Gasteiger partial charge in [0, 0.05) is 37.7 Å². The summed E-state index contributed by atoms with van der Waals surface area (Å²) in [5.41, 5.74) is 0.603. The van der Waals surface area contributed by atoms with Crippen LogP contribution in [0.4, 0.5) is 5.69 Å². The van der Waals surface area contributed by atoms with Gasteiger partial charge in [-0.15, -0.1) is 0 Å².